The molecule has 2 heterocycles. The van der Waals surface area contributed by atoms with E-state index in [0.29, 0.717) is 11.8 Å². The van der Waals surface area contributed by atoms with Gasteiger partial charge in [0.05, 0.1) is 5.92 Å². The molecule has 2 atom stereocenters. The number of hydrogen-bond acceptors (Lipinski definition) is 4. The van der Waals surface area contributed by atoms with Crippen molar-refractivity contribution < 1.29 is 9.21 Å². The molecule has 0 aromatic carbocycles. The minimum absolute atomic E-state index is 0.0284. The lowest BCUT2D eigenvalue weighted by Crippen LogP contribution is -2.45. The Kier molecular flexibility index (Phi) is 4.90. The monoisotopic (exact) mass is 303 g/mol. The van der Waals surface area contributed by atoms with Gasteiger partial charge in [0, 0.05) is 24.4 Å². The van der Waals surface area contributed by atoms with Crippen LogP contribution in [0, 0.1) is 17.3 Å². The van der Waals surface area contributed by atoms with Crippen molar-refractivity contribution in [3.63, 3.8) is 0 Å². The summed E-state index contributed by atoms with van der Waals surface area (Å²) in [5, 5.41) is 8.18. The Hall–Kier alpha value is -1.83. The zero-order chi connectivity index (χ0) is 16.3. The molecule has 0 unspecified atom stereocenters. The predicted molar refractivity (Wildman–Crippen MR) is 84.1 cm³/mol. The van der Waals surface area contributed by atoms with Gasteiger partial charge in [0.2, 0.25) is 11.8 Å². The van der Waals surface area contributed by atoms with Crippen LogP contribution in [0.15, 0.2) is 4.42 Å². The molecule has 1 aliphatic heterocycles. The van der Waals surface area contributed by atoms with Crippen LogP contribution in [-0.2, 0) is 11.2 Å². The van der Waals surface area contributed by atoms with Crippen LogP contribution >= 0.6 is 0 Å². The van der Waals surface area contributed by atoms with Crippen molar-refractivity contribution in [2.24, 2.45) is 5.41 Å². The summed E-state index contributed by atoms with van der Waals surface area (Å²) in [4.78, 5) is 14.2. The molecule has 1 aromatic rings. The Morgan fingerprint density at radius 3 is 2.73 bits per heavy atom. The highest BCUT2D eigenvalue weighted by molar-refractivity contribution is 5.94. The minimum atomic E-state index is -0.170. The van der Waals surface area contributed by atoms with Crippen LogP contribution in [0.4, 0.5) is 0 Å². The Morgan fingerprint density at radius 1 is 1.41 bits per heavy atom. The lowest BCUT2D eigenvalue weighted by atomic mass is 9.90. The van der Waals surface area contributed by atoms with Gasteiger partial charge in [-0.3, -0.25) is 4.79 Å². The molecule has 1 aromatic heterocycles. The van der Waals surface area contributed by atoms with Gasteiger partial charge in [-0.25, -0.2) is 0 Å². The number of aromatic nitrogens is 2. The lowest BCUT2D eigenvalue weighted by molar-refractivity contribution is -0.128. The normalized spacial score (nSPS) is 22.1. The predicted octanol–water partition coefficient (Wildman–Crippen LogP) is 2.78. The van der Waals surface area contributed by atoms with Gasteiger partial charge in [0.25, 0.3) is 5.91 Å². The summed E-state index contributed by atoms with van der Waals surface area (Å²) in [6.07, 6.45) is 2.62. The van der Waals surface area contributed by atoms with Gasteiger partial charge in [0.1, 0.15) is 0 Å². The van der Waals surface area contributed by atoms with Crippen molar-refractivity contribution in [3.8, 4) is 11.8 Å². The van der Waals surface area contributed by atoms with Crippen LogP contribution in [0.1, 0.15) is 65.2 Å². The van der Waals surface area contributed by atoms with Crippen molar-refractivity contribution in [3.05, 3.63) is 11.8 Å². The molecule has 2 rings (SSSR count). The number of amides is 1. The van der Waals surface area contributed by atoms with Crippen molar-refractivity contribution in [2.45, 2.75) is 65.8 Å². The molecule has 5 heteroatoms. The average Bonchev–Trinajstić information content (AvgIpc) is 2.93. The maximum Gasteiger partial charge on any atom is 0.298 e. The number of carbonyl (C=O) groups is 1. The first-order valence-electron chi connectivity index (χ1n) is 7.98. The number of aryl methyl sites for hydroxylation is 1. The highest BCUT2D eigenvalue weighted by Crippen LogP contribution is 2.31. The van der Waals surface area contributed by atoms with Gasteiger partial charge in [-0.15, -0.1) is 10.2 Å². The van der Waals surface area contributed by atoms with E-state index in [1.165, 1.54) is 0 Å². The fraction of sp³-hybridized carbons (Fsp3) is 0.706. The molecule has 1 amide bonds. The molecule has 0 spiro atoms. The van der Waals surface area contributed by atoms with E-state index in [1.54, 1.807) is 0 Å². The second-order valence-electron chi connectivity index (χ2n) is 6.88. The first-order valence-corrected chi connectivity index (χ1v) is 7.98. The highest BCUT2D eigenvalue weighted by atomic mass is 16.4. The summed E-state index contributed by atoms with van der Waals surface area (Å²) in [5.74, 6) is 7.08. The largest absolute Gasteiger partial charge is 0.425 e. The van der Waals surface area contributed by atoms with Crippen molar-refractivity contribution in [2.75, 3.05) is 6.54 Å². The minimum Gasteiger partial charge on any atom is -0.425 e. The van der Waals surface area contributed by atoms with Crippen molar-refractivity contribution in [1.29, 1.82) is 0 Å². The molecule has 0 N–H and O–H groups in total. The van der Waals surface area contributed by atoms with Crippen LogP contribution < -0.4 is 0 Å². The second kappa shape index (κ2) is 6.51. The van der Waals surface area contributed by atoms with E-state index in [-0.39, 0.29) is 23.3 Å². The molecule has 0 bridgehead atoms. The molecular weight excluding hydrogens is 278 g/mol. The first kappa shape index (κ1) is 16.5. The molecule has 22 heavy (non-hydrogen) atoms. The number of hydrogen-bond donors (Lipinski definition) is 0. The summed E-state index contributed by atoms with van der Waals surface area (Å²) >= 11 is 0. The van der Waals surface area contributed by atoms with Crippen molar-refractivity contribution in [1.82, 2.24) is 15.1 Å². The quantitative estimate of drug-likeness (QED) is 0.788. The summed E-state index contributed by atoms with van der Waals surface area (Å²) in [5.41, 5.74) is -0.170. The van der Waals surface area contributed by atoms with Gasteiger partial charge >= 0.3 is 0 Å². The summed E-state index contributed by atoms with van der Waals surface area (Å²) in [7, 11) is 0. The van der Waals surface area contributed by atoms with Crippen LogP contribution in [0.25, 0.3) is 0 Å². The molecule has 0 radical (unpaired) electrons. The van der Waals surface area contributed by atoms with Gasteiger partial charge in [0.15, 0.2) is 0 Å². The Morgan fingerprint density at radius 2 is 2.14 bits per heavy atom. The molecule has 120 valence electrons. The van der Waals surface area contributed by atoms with Crippen molar-refractivity contribution >= 4 is 5.91 Å². The van der Waals surface area contributed by atoms with Gasteiger partial charge < -0.3 is 9.32 Å². The van der Waals surface area contributed by atoms with Crippen LogP contribution in [0.3, 0.4) is 0 Å². The van der Waals surface area contributed by atoms with E-state index in [1.807, 2.05) is 39.5 Å². The van der Waals surface area contributed by atoms with E-state index in [2.05, 4.69) is 22.0 Å². The van der Waals surface area contributed by atoms with Gasteiger partial charge in [-0.2, -0.15) is 0 Å². The third-order valence-corrected chi connectivity index (χ3v) is 3.90. The molecule has 1 saturated heterocycles. The number of rotatable bonds is 2. The second-order valence-corrected chi connectivity index (χ2v) is 6.88. The zero-order valence-electron chi connectivity index (χ0n) is 14.1. The number of piperidine rings is 1. The standard InChI is InChI=1S/C17H25N3O2/c1-6-14-18-19-16(22-14)13-8-7-11-20(12(13)2)15(21)9-10-17(3,4)5/h12-13H,6-8,11H2,1-5H3/t12-,13-/m0/s1. The van der Waals surface area contributed by atoms with E-state index < -0.39 is 0 Å². The molecule has 1 fully saturated rings. The molecule has 1 aliphatic rings. The number of carbonyl (C=O) groups excluding carboxylic acids is 1. The maximum absolute atomic E-state index is 12.4. The smallest absolute Gasteiger partial charge is 0.298 e. The van der Waals surface area contributed by atoms with E-state index in [4.69, 9.17) is 4.42 Å². The Labute approximate surface area is 132 Å². The zero-order valence-corrected chi connectivity index (χ0v) is 14.1. The Bertz CT molecular complexity index is 589. The summed E-state index contributed by atoms with van der Waals surface area (Å²) in [6, 6.07) is 0.0284. The van der Waals surface area contributed by atoms with Crippen LogP contribution in [0.5, 0.6) is 0 Å². The van der Waals surface area contributed by atoms with Gasteiger partial charge in [-0.1, -0.05) is 12.8 Å². The first-order chi connectivity index (χ1) is 10.3. The fourth-order valence-electron chi connectivity index (χ4n) is 2.63. The average molecular weight is 303 g/mol. The Balaban J connectivity index is 2.14. The molecular formula is C17H25N3O2. The third-order valence-electron chi connectivity index (χ3n) is 3.90. The van der Waals surface area contributed by atoms with Gasteiger partial charge in [-0.05, 0) is 46.5 Å². The fourth-order valence-corrected chi connectivity index (χ4v) is 2.63. The van der Waals surface area contributed by atoms with Crippen LogP contribution in [0.2, 0.25) is 0 Å². The van der Waals surface area contributed by atoms with E-state index in [9.17, 15) is 4.79 Å². The summed E-state index contributed by atoms with van der Waals surface area (Å²) in [6.45, 7) is 10.8. The topological polar surface area (TPSA) is 59.2 Å². The molecule has 0 saturated carbocycles. The summed E-state index contributed by atoms with van der Waals surface area (Å²) < 4.78 is 5.69. The van der Waals surface area contributed by atoms with Crippen LogP contribution in [-0.4, -0.2) is 33.6 Å². The third kappa shape index (κ3) is 3.88. The van der Waals surface area contributed by atoms with E-state index in [0.717, 1.165) is 25.8 Å². The SMILES string of the molecule is CCc1nnc([C@H]2CCCN(C(=O)C#CC(C)(C)C)[C@H]2C)o1. The van der Waals surface area contributed by atoms with E-state index >= 15 is 0 Å². The number of nitrogens with zero attached hydrogens (tertiary/aromatic N) is 3. The highest BCUT2D eigenvalue weighted by Gasteiger charge is 2.34. The maximum atomic E-state index is 12.4. The lowest BCUT2D eigenvalue weighted by Gasteiger charge is -2.36. The molecule has 0 aliphatic carbocycles. The number of likely N-dealkylation sites (tertiary alicyclic amines) is 1. The molecule has 5 nitrogen and oxygen atoms in total.